The summed E-state index contributed by atoms with van der Waals surface area (Å²) >= 11 is 0. The molecule has 0 saturated carbocycles. The van der Waals surface area contributed by atoms with Crippen molar-refractivity contribution in [2.75, 3.05) is 39.6 Å². The van der Waals surface area contributed by atoms with Crippen LogP contribution in [0, 0.1) is 17.8 Å². The molecule has 0 aromatic rings. The molecule has 0 heterocycles. The highest BCUT2D eigenvalue weighted by atomic mass is 31.2. The van der Waals surface area contributed by atoms with E-state index >= 15 is 0 Å². The Bertz CT molecular complexity index is 1730. The van der Waals surface area contributed by atoms with Crippen molar-refractivity contribution < 1.29 is 80.2 Å². The van der Waals surface area contributed by atoms with E-state index in [-0.39, 0.29) is 25.7 Å². The van der Waals surface area contributed by atoms with E-state index in [2.05, 4.69) is 48.5 Å². The van der Waals surface area contributed by atoms with Gasteiger partial charge in [0.05, 0.1) is 26.4 Å². The van der Waals surface area contributed by atoms with Crippen LogP contribution < -0.4 is 0 Å². The number of phosphoric acid groups is 2. The number of ether oxygens (including phenoxy) is 4. The van der Waals surface area contributed by atoms with Gasteiger partial charge in [-0.15, -0.1) is 0 Å². The Balaban J connectivity index is 5.21. The molecule has 0 aromatic heterocycles. The molecule has 5 atom stereocenters. The zero-order valence-electron chi connectivity index (χ0n) is 57.2. The smallest absolute Gasteiger partial charge is 0.462 e. The molecule has 0 saturated heterocycles. The predicted octanol–water partition coefficient (Wildman–Crippen LogP) is 19.5. The van der Waals surface area contributed by atoms with Gasteiger partial charge >= 0.3 is 39.5 Å². The van der Waals surface area contributed by atoms with Gasteiger partial charge in [-0.2, -0.15) is 0 Å². The van der Waals surface area contributed by atoms with Gasteiger partial charge in [0.25, 0.3) is 0 Å². The summed E-state index contributed by atoms with van der Waals surface area (Å²) in [6, 6.07) is 0. The lowest BCUT2D eigenvalue weighted by atomic mass is 10.0. The third-order valence-corrected chi connectivity index (χ3v) is 17.8. The zero-order valence-corrected chi connectivity index (χ0v) is 59.0. The van der Waals surface area contributed by atoms with Gasteiger partial charge in [-0.3, -0.25) is 37.3 Å². The van der Waals surface area contributed by atoms with Gasteiger partial charge in [0, 0.05) is 25.7 Å². The normalized spacial score (nSPS) is 14.2. The highest BCUT2D eigenvalue weighted by Gasteiger charge is 2.30. The minimum Gasteiger partial charge on any atom is -0.462 e. The van der Waals surface area contributed by atoms with Gasteiger partial charge in [-0.1, -0.05) is 292 Å². The molecule has 0 fully saturated rings. The minimum atomic E-state index is -4.95. The summed E-state index contributed by atoms with van der Waals surface area (Å²) in [7, 11) is -9.89. The van der Waals surface area contributed by atoms with Crippen LogP contribution in [0.2, 0.25) is 0 Å². The van der Waals surface area contributed by atoms with Crippen LogP contribution >= 0.6 is 15.6 Å². The van der Waals surface area contributed by atoms with Crippen LogP contribution in [-0.2, 0) is 65.4 Å². The van der Waals surface area contributed by atoms with E-state index in [0.29, 0.717) is 31.6 Å². The fourth-order valence-corrected chi connectivity index (χ4v) is 11.9. The summed E-state index contributed by atoms with van der Waals surface area (Å²) in [4.78, 5) is 72.3. The average Bonchev–Trinajstić information content (AvgIpc) is 3.38. The molecule has 88 heavy (non-hydrogen) atoms. The maximum atomic E-state index is 13.0. The van der Waals surface area contributed by atoms with Gasteiger partial charge in [-0.05, 0) is 43.4 Å². The fraction of sp³-hybridized carbons (Fsp3) is 0.942. The Morgan fingerprint density at radius 3 is 0.773 bits per heavy atom. The highest BCUT2D eigenvalue weighted by Crippen LogP contribution is 2.45. The van der Waals surface area contributed by atoms with Crippen LogP contribution in [0.5, 0.6) is 0 Å². The summed E-state index contributed by atoms with van der Waals surface area (Å²) in [5.74, 6) is 0.131. The van der Waals surface area contributed by atoms with Crippen LogP contribution in [0.1, 0.15) is 344 Å². The van der Waals surface area contributed by atoms with Gasteiger partial charge in [0.15, 0.2) is 12.2 Å². The molecule has 0 radical (unpaired) electrons. The van der Waals surface area contributed by atoms with E-state index < -0.39 is 97.5 Å². The van der Waals surface area contributed by atoms with Crippen molar-refractivity contribution in [3.63, 3.8) is 0 Å². The van der Waals surface area contributed by atoms with Crippen LogP contribution in [0.25, 0.3) is 0 Å². The van der Waals surface area contributed by atoms with E-state index in [4.69, 9.17) is 37.0 Å². The molecule has 0 amide bonds. The molecule has 0 aromatic carbocycles. The molecule has 2 unspecified atom stereocenters. The number of hydrogen-bond acceptors (Lipinski definition) is 15. The number of carbonyl (C=O) groups excluding carboxylic acids is 4. The number of esters is 4. The van der Waals surface area contributed by atoms with Crippen molar-refractivity contribution in [1.29, 1.82) is 0 Å². The Labute approximate surface area is 537 Å². The number of carbonyl (C=O) groups is 4. The van der Waals surface area contributed by atoms with Crippen molar-refractivity contribution in [3.05, 3.63) is 0 Å². The van der Waals surface area contributed by atoms with Crippen LogP contribution in [0.4, 0.5) is 0 Å². The van der Waals surface area contributed by atoms with Gasteiger partial charge in [-0.25, -0.2) is 9.13 Å². The summed E-state index contributed by atoms with van der Waals surface area (Å²) in [6.45, 7) is 11.8. The first kappa shape index (κ1) is 86.1. The average molecular weight is 1300 g/mol. The molecule has 3 N–H and O–H groups in total. The van der Waals surface area contributed by atoms with E-state index in [1.165, 1.54) is 141 Å². The first-order valence-electron chi connectivity index (χ1n) is 35.8. The van der Waals surface area contributed by atoms with Crippen molar-refractivity contribution >= 4 is 39.5 Å². The van der Waals surface area contributed by atoms with Crippen LogP contribution in [-0.4, -0.2) is 96.7 Å². The quantitative estimate of drug-likeness (QED) is 0.0222. The standard InChI is InChI=1S/C69H134O17P2/c1-8-9-10-11-26-36-43-50-66(71)79-56-64(86-69(74)53-46-39-32-25-29-35-42-49-62(6)7)58-83-87(75,76)81-54-63(70)55-82-88(77,78)84-59-65(57-80-67(72)51-44-37-30-23-19-16-15-18-22-28-34-41-48-61(4)5)85-68(73)52-45-38-31-24-20-14-12-13-17-21-27-33-40-47-60(2)3/h60-65,70H,8-59H2,1-7H3,(H,75,76)(H,77,78)/t63-,64+,65+/m0/s1. The lowest BCUT2D eigenvalue weighted by Crippen LogP contribution is -2.30. The number of aliphatic hydroxyl groups excluding tert-OH is 1. The molecule has 0 bridgehead atoms. The molecule has 0 rings (SSSR count). The minimum absolute atomic E-state index is 0.103. The lowest BCUT2D eigenvalue weighted by Gasteiger charge is -2.21. The largest absolute Gasteiger partial charge is 0.472 e. The Morgan fingerprint density at radius 1 is 0.307 bits per heavy atom. The fourth-order valence-electron chi connectivity index (χ4n) is 10.4. The third kappa shape index (κ3) is 62.8. The number of unbranched alkanes of at least 4 members (excludes halogenated alkanes) is 35. The third-order valence-electron chi connectivity index (χ3n) is 15.9. The van der Waals surface area contributed by atoms with Gasteiger partial charge < -0.3 is 33.8 Å². The second-order valence-corrected chi connectivity index (χ2v) is 29.3. The maximum Gasteiger partial charge on any atom is 0.472 e. The molecule has 0 aliphatic heterocycles. The summed E-state index contributed by atoms with van der Waals surface area (Å²) < 4.78 is 68.1. The molecular formula is C69H134O17P2. The number of aliphatic hydroxyl groups is 1. The number of rotatable bonds is 67. The SMILES string of the molecule is CCCCCCCCCC(=O)OC[C@H](COP(=O)(O)OC[C@H](O)COP(=O)(O)OC[C@@H](COC(=O)CCCCCCCCCCCCCCC(C)C)OC(=O)CCCCCCCCCCCCCCCC(C)C)OC(=O)CCCCCCCCCC(C)C. The Kier molecular flexibility index (Phi) is 58.7. The summed E-state index contributed by atoms with van der Waals surface area (Å²) in [5, 5.41) is 10.6. The van der Waals surface area contributed by atoms with Crippen molar-refractivity contribution in [3.8, 4) is 0 Å². The predicted molar refractivity (Wildman–Crippen MR) is 354 cm³/mol. The molecule has 19 heteroatoms. The number of hydrogen-bond donors (Lipinski definition) is 3. The monoisotopic (exact) mass is 1300 g/mol. The second-order valence-electron chi connectivity index (χ2n) is 26.3. The topological polar surface area (TPSA) is 237 Å². The molecule has 0 aliphatic carbocycles. The second kappa shape index (κ2) is 60.0. The molecule has 522 valence electrons. The van der Waals surface area contributed by atoms with E-state index in [1.54, 1.807) is 0 Å². The van der Waals surface area contributed by atoms with E-state index in [0.717, 1.165) is 115 Å². The van der Waals surface area contributed by atoms with E-state index in [9.17, 15) is 43.2 Å². The lowest BCUT2D eigenvalue weighted by molar-refractivity contribution is -0.161. The van der Waals surface area contributed by atoms with Crippen LogP contribution in [0.15, 0.2) is 0 Å². The maximum absolute atomic E-state index is 13.0. The van der Waals surface area contributed by atoms with Crippen molar-refractivity contribution in [1.82, 2.24) is 0 Å². The first-order chi connectivity index (χ1) is 42.2. The molecular weight excluding hydrogens is 1160 g/mol. The Morgan fingerprint density at radius 2 is 0.523 bits per heavy atom. The molecule has 17 nitrogen and oxygen atoms in total. The van der Waals surface area contributed by atoms with E-state index in [1.807, 2.05) is 0 Å². The Hall–Kier alpha value is -1.94. The first-order valence-corrected chi connectivity index (χ1v) is 38.8. The highest BCUT2D eigenvalue weighted by molar-refractivity contribution is 7.47. The summed E-state index contributed by atoms with van der Waals surface area (Å²) in [5.41, 5.74) is 0. The number of phosphoric ester groups is 2. The van der Waals surface area contributed by atoms with Crippen molar-refractivity contribution in [2.24, 2.45) is 17.8 Å². The molecule has 0 spiro atoms. The van der Waals surface area contributed by atoms with Crippen molar-refractivity contribution in [2.45, 2.75) is 362 Å². The van der Waals surface area contributed by atoms with Gasteiger partial charge in [0.1, 0.15) is 19.3 Å². The summed E-state index contributed by atoms with van der Waals surface area (Å²) in [6.07, 6.45) is 43.3. The van der Waals surface area contributed by atoms with Gasteiger partial charge in [0.2, 0.25) is 0 Å². The van der Waals surface area contributed by atoms with Crippen LogP contribution in [0.3, 0.4) is 0 Å². The zero-order chi connectivity index (χ0) is 65.2. The molecule has 0 aliphatic rings.